The van der Waals surface area contributed by atoms with Crippen LogP contribution in [0.2, 0.25) is 0 Å². The highest BCUT2D eigenvalue weighted by molar-refractivity contribution is 5.99. The van der Waals surface area contributed by atoms with E-state index >= 15 is 0 Å². The Kier molecular flexibility index (Phi) is 6.18. The quantitative estimate of drug-likeness (QED) is 0.558. The van der Waals surface area contributed by atoms with Crippen LogP contribution >= 0.6 is 0 Å². The van der Waals surface area contributed by atoms with E-state index in [4.69, 9.17) is 5.73 Å². The molecule has 1 saturated heterocycles. The molecule has 6 nitrogen and oxygen atoms in total. The number of nitrogens with zero attached hydrogens (tertiary/aromatic N) is 1. The molecule has 4 rings (SSSR count). The molecule has 0 bridgehead atoms. The van der Waals surface area contributed by atoms with Gasteiger partial charge in [0, 0.05) is 47.4 Å². The van der Waals surface area contributed by atoms with Gasteiger partial charge in [0.1, 0.15) is 0 Å². The Morgan fingerprint density at radius 2 is 1.97 bits per heavy atom. The van der Waals surface area contributed by atoms with Crippen molar-refractivity contribution in [2.75, 3.05) is 18.0 Å². The molecule has 0 saturated carbocycles. The zero-order valence-corrected chi connectivity index (χ0v) is 18.5. The van der Waals surface area contributed by atoms with Crippen LogP contribution in [0.1, 0.15) is 35.2 Å². The zero-order valence-electron chi connectivity index (χ0n) is 18.5. The van der Waals surface area contributed by atoms with Crippen molar-refractivity contribution in [3.8, 4) is 11.8 Å². The summed E-state index contributed by atoms with van der Waals surface area (Å²) in [7, 11) is 0. The molecule has 2 amide bonds. The Balaban J connectivity index is 1.54. The smallest absolute Gasteiger partial charge is 0.296 e. The third-order valence-electron chi connectivity index (χ3n) is 6.08. The largest absolute Gasteiger partial charge is 0.369 e. The second-order valence-corrected chi connectivity index (χ2v) is 8.39. The molecule has 164 valence electrons. The van der Waals surface area contributed by atoms with Crippen LogP contribution < -0.4 is 16.0 Å². The highest BCUT2D eigenvalue weighted by atomic mass is 16.1. The van der Waals surface area contributed by atoms with E-state index in [1.807, 2.05) is 43.3 Å². The standard InChI is InChI=1S/C26H28N4O2/c1-17-18(2)28-26-20(15-23(27)31)11-12-22(25(17)26)30-14-6-9-21(16-30)29-24(32)13-10-19-7-4-3-5-8-19/h3-5,7-8,11-12,21,28H,6,9,14-16H2,1-2H3,(H2,27,31)(H,29,32)/t21-/m0/s1. The van der Waals surface area contributed by atoms with E-state index in [-0.39, 0.29) is 24.3 Å². The van der Waals surface area contributed by atoms with Gasteiger partial charge in [0.2, 0.25) is 5.91 Å². The van der Waals surface area contributed by atoms with Gasteiger partial charge < -0.3 is 20.9 Å². The summed E-state index contributed by atoms with van der Waals surface area (Å²) in [5, 5.41) is 4.19. The molecule has 0 radical (unpaired) electrons. The number of hydrogen-bond acceptors (Lipinski definition) is 3. The Morgan fingerprint density at radius 1 is 1.19 bits per heavy atom. The Hall–Kier alpha value is -3.72. The van der Waals surface area contributed by atoms with Gasteiger partial charge in [-0.25, -0.2) is 0 Å². The third kappa shape index (κ3) is 4.62. The first-order valence-corrected chi connectivity index (χ1v) is 10.9. The second kappa shape index (κ2) is 9.19. The number of carbonyl (C=O) groups is 2. The molecule has 1 aromatic heterocycles. The molecule has 0 unspecified atom stereocenters. The van der Waals surface area contributed by atoms with E-state index in [0.717, 1.165) is 52.8 Å². The Bertz CT molecular complexity index is 1220. The number of rotatable bonds is 4. The molecule has 3 aromatic rings. The van der Waals surface area contributed by atoms with Crippen LogP contribution in [0.4, 0.5) is 5.69 Å². The Labute approximate surface area is 188 Å². The van der Waals surface area contributed by atoms with Crippen LogP contribution in [0.15, 0.2) is 42.5 Å². The summed E-state index contributed by atoms with van der Waals surface area (Å²) >= 11 is 0. The predicted octanol–water partition coefficient (Wildman–Crippen LogP) is 2.95. The second-order valence-electron chi connectivity index (χ2n) is 8.39. The lowest BCUT2D eigenvalue weighted by Crippen LogP contribution is -2.47. The van der Waals surface area contributed by atoms with E-state index in [9.17, 15) is 9.59 Å². The van der Waals surface area contributed by atoms with Crippen LogP contribution in [0, 0.1) is 25.7 Å². The van der Waals surface area contributed by atoms with Crippen molar-refractivity contribution >= 4 is 28.4 Å². The monoisotopic (exact) mass is 428 g/mol. The minimum Gasteiger partial charge on any atom is -0.369 e. The van der Waals surface area contributed by atoms with Gasteiger partial charge in [0.25, 0.3) is 5.91 Å². The van der Waals surface area contributed by atoms with Crippen molar-refractivity contribution in [3.63, 3.8) is 0 Å². The lowest BCUT2D eigenvalue weighted by atomic mass is 10.00. The number of carbonyl (C=O) groups excluding carboxylic acids is 2. The van der Waals surface area contributed by atoms with Gasteiger partial charge in [-0.1, -0.05) is 30.2 Å². The number of aromatic nitrogens is 1. The van der Waals surface area contributed by atoms with Gasteiger partial charge in [-0.2, -0.15) is 0 Å². The fourth-order valence-electron chi connectivity index (χ4n) is 4.41. The van der Waals surface area contributed by atoms with Crippen molar-refractivity contribution in [2.24, 2.45) is 5.73 Å². The molecule has 1 aliphatic rings. The van der Waals surface area contributed by atoms with Crippen molar-refractivity contribution in [1.82, 2.24) is 10.3 Å². The van der Waals surface area contributed by atoms with E-state index < -0.39 is 0 Å². The number of nitrogens with one attached hydrogen (secondary N) is 2. The number of piperidine rings is 1. The molecule has 2 heterocycles. The van der Waals surface area contributed by atoms with Crippen LogP contribution in [0.5, 0.6) is 0 Å². The fraction of sp³-hybridized carbons (Fsp3) is 0.308. The van der Waals surface area contributed by atoms with Crippen LogP contribution in [0.3, 0.4) is 0 Å². The van der Waals surface area contributed by atoms with Crippen LogP contribution in [-0.4, -0.2) is 35.9 Å². The highest BCUT2D eigenvalue weighted by Crippen LogP contribution is 2.35. The number of hydrogen-bond donors (Lipinski definition) is 3. The minimum absolute atomic E-state index is 0.0296. The maximum Gasteiger partial charge on any atom is 0.296 e. The summed E-state index contributed by atoms with van der Waals surface area (Å²) in [6.45, 7) is 5.76. The van der Waals surface area contributed by atoms with Gasteiger partial charge in [-0.3, -0.25) is 9.59 Å². The molecule has 1 aliphatic heterocycles. The molecule has 4 N–H and O–H groups in total. The first kappa shape index (κ1) is 21.5. The predicted molar refractivity (Wildman–Crippen MR) is 127 cm³/mol. The van der Waals surface area contributed by atoms with E-state index in [1.165, 1.54) is 5.56 Å². The SMILES string of the molecule is Cc1[nH]c2c(CC(N)=O)ccc(N3CCC[C@H](NC(=O)C#Cc4ccccc4)C3)c2c1C. The number of primary amides is 1. The summed E-state index contributed by atoms with van der Waals surface area (Å²) in [5.41, 5.74) is 11.5. The molecule has 2 aromatic carbocycles. The van der Waals surface area contributed by atoms with Gasteiger partial charge in [0.05, 0.1) is 11.9 Å². The number of H-pyrrole nitrogens is 1. The average Bonchev–Trinajstić information content (AvgIpc) is 3.08. The van der Waals surface area contributed by atoms with Crippen molar-refractivity contribution in [3.05, 3.63) is 64.8 Å². The molecule has 6 heteroatoms. The maximum absolute atomic E-state index is 12.4. The van der Waals surface area contributed by atoms with Gasteiger partial charge in [-0.05, 0) is 56.0 Å². The first-order chi connectivity index (χ1) is 15.4. The van der Waals surface area contributed by atoms with Crippen LogP contribution in [-0.2, 0) is 16.0 Å². The van der Waals surface area contributed by atoms with Crippen molar-refractivity contribution in [2.45, 2.75) is 39.2 Å². The van der Waals surface area contributed by atoms with E-state index in [0.29, 0.717) is 6.54 Å². The van der Waals surface area contributed by atoms with Gasteiger partial charge in [0.15, 0.2) is 0 Å². The molecule has 0 spiro atoms. The topological polar surface area (TPSA) is 91.2 Å². The molecular weight excluding hydrogens is 400 g/mol. The number of benzene rings is 2. The summed E-state index contributed by atoms with van der Waals surface area (Å²) < 4.78 is 0. The van der Waals surface area contributed by atoms with E-state index in [1.54, 1.807) is 0 Å². The molecule has 32 heavy (non-hydrogen) atoms. The highest BCUT2D eigenvalue weighted by Gasteiger charge is 2.24. The number of amides is 2. The lowest BCUT2D eigenvalue weighted by Gasteiger charge is -2.35. The van der Waals surface area contributed by atoms with Gasteiger partial charge in [-0.15, -0.1) is 0 Å². The minimum atomic E-state index is -0.346. The number of anilines is 1. The summed E-state index contributed by atoms with van der Waals surface area (Å²) in [4.78, 5) is 29.7. The zero-order chi connectivity index (χ0) is 22.7. The van der Waals surface area contributed by atoms with E-state index in [2.05, 4.69) is 40.0 Å². The lowest BCUT2D eigenvalue weighted by molar-refractivity contribution is -0.117. The number of aromatic amines is 1. The summed E-state index contributed by atoms with van der Waals surface area (Å²) in [6.07, 6.45) is 2.10. The number of aryl methyl sites for hydroxylation is 2. The maximum atomic E-state index is 12.4. The number of nitrogens with two attached hydrogens (primary N) is 1. The van der Waals surface area contributed by atoms with Crippen LogP contribution in [0.25, 0.3) is 10.9 Å². The fourth-order valence-corrected chi connectivity index (χ4v) is 4.41. The molecular formula is C26H28N4O2. The van der Waals surface area contributed by atoms with Crippen molar-refractivity contribution < 1.29 is 9.59 Å². The molecule has 1 fully saturated rings. The summed E-state index contributed by atoms with van der Waals surface area (Å²) in [5.74, 6) is 5.02. The molecule has 1 atom stereocenters. The average molecular weight is 429 g/mol. The molecule has 0 aliphatic carbocycles. The third-order valence-corrected chi connectivity index (χ3v) is 6.08. The van der Waals surface area contributed by atoms with Gasteiger partial charge >= 0.3 is 0 Å². The normalized spacial score (nSPS) is 15.8. The van der Waals surface area contributed by atoms with Crippen molar-refractivity contribution in [1.29, 1.82) is 0 Å². The number of fused-ring (bicyclic) bond motifs is 1. The summed E-state index contributed by atoms with van der Waals surface area (Å²) in [6, 6.07) is 13.6. The Morgan fingerprint density at radius 3 is 2.72 bits per heavy atom. The first-order valence-electron chi connectivity index (χ1n) is 10.9.